The fourth-order valence-electron chi connectivity index (χ4n) is 4.30. The number of carbonyl (C=O) groups excluding carboxylic acids is 2. The van der Waals surface area contributed by atoms with Crippen LogP contribution >= 0.6 is 0 Å². The SMILES string of the molecule is CC1CCCN(C(=O)C2CC2C(=O)N2CCN(c3ccccn3)CC2)C1. The van der Waals surface area contributed by atoms with Gasteiger partial charge in [-0.25, -0.2) is 4.98 Å². The molecule has 3 atom stereocenters. The third-order valence-electron chi connectivity index (χ3n) is 5.96. The molecule has 3 aliphatic rings. The number of piperazine rings is 1. The number of carbonyl (C=O) groups is 2. The van der Waals surface area contributed by atoms with Crippen molar-refractivity contribution in [3.8, 4) is 0 Å². The minimum Gasteiger partial charge on any atom is -0.353 e. The summed E-state index contributed by atoms with van der Waals surface area (Å²) < 4.78 is 0. The van der Waals surface area contributed by atoms with E-state index in [-0.39, 0.29) is 23.7 Å². The Morgan fingerprint density at radius 1 is 1.00 bits per heavy atom. The number of nitrogens with zero attached hydrogens (tertiary/aromatic N) is 4. The fraction of sp³-hybridized carbons (Fsp3) is 0.650. The van der Waals surface area contributed by atoms with Gasteiger partial charge < -0.3 is 14.7 Å². The maximum absolute atomic E-state index is 12.8. The van der Waals surface area contributed by atoms with Gasteiger partial charge in [0.25, 0.3) is 0 Å². The number of hydrogen-bond donors (Lipinski definition) is 0. The van der Waals surface area contributed by atoms with Crippen molar-refractivity contribution >= 4 is 17.6 Å². The number of rotatable bonds is 3. The van der Waals surface area contributed by atoms with Crippen molar-refractivity contribution in [3.63, 3.8) is 0 Å². The van der Waals surface area contributed by atoms with Crippen LogP contribution in [0.5, 0.6) is 0 Å². The molecule has 3 heterocycles. The Morgan fingerprint density at radius 3 is 2.38 bits per heavy atom. The Labute approximate surface area is 155 Å². The van der Waals surface area contributed by atoms with Crippen LogP contribution in [-0.2, 0) is 9.59 Å². The maximum atomic E-state index is 12.8. The molecule has 4 rings (SSSR count). The molecule has 1 aromatic rings. The van der Waals surface area contributed by atoms with E-state index < -0.39 is 0 Å². The lowest BCUT2D eigenvalue weighted by Gasteiger charge is -2.35. The minimum atomic E-state index is -0.0823. The number of likely N-dealkylation sites (tertiary alicyclic amines) is 1. The first-order chi connectivity index (χ1) is 12.6. The molecule has 2 aliphatic heterocycles. The van der Waals surface area contributed by atoms with Crippen LogP contribution in [0.3, 0.4) is 0 Å². The molecule has 2 saturated heterocycles. The van der Waals surface area contributed by atoms with Crippen LogP contribution in [0.25, 0.3) is 0 Å². The predicted octanol–water partition coefficient (Wildman–Crippen LogP) is 1.62. The number of amides is 2. The Hall–Kier alpha value is -2.11. The standard InChI is InChI=1S/C20H28N4O2/c1-15-5-4-8-24(14-15)20(26)17-13-16(17)19(25)23-11-9-22(10-12-23)18-6-2-3-7-21-18/h2-3,6-7,15-17H,4-5,8-14H2,1H3. The zero-order chi connectivity index (χ0) is 18.1. The van der Waals surface area contributed by atoms with Crippen molar-refractivity contribution in [1.82, 2.24) is 14.8 Å². The molecule has 2 amide bonds. The number of pyridine rings is 1. The summed E-state index contributed by atoms with van der Waals surface area (Å²) in [7, 11) is 0. The van der Waals surface area contributed by atoms with Crippen LogP contribution in [0.15, 0.2) is 24.4 Å². The van der Waals surface area contributed by atoms with E-state index in [0.29, 0.717) is 19.0 Å². The molecule has 26 heavy (non-hydrogen) atoms. The van der Waals surface area contributed by atoms with Crippen LogP contribution in [0.1, 0.15) is 26.2 Å². The molecule has 0 N–H and O–H groups in total. The van der Waals surface area contributed by atoms with Crippen molar-refractivity contribution in [2.45, 2.75) is 26.2 Å². The van der Waals surface area contributed by atoms with E-state index in [9.17, 15) is 9.59 Å². The Balaban J connectivity index is 1.28. The average Bonchev–Trinajstić information content (AvgIpc) is 3.48. The van der Waals surface area contributed by atoms with Crippen LogP contribution in [-0.4, -0.2) is 65.9 Å². The van der Waals surface area contributed by atoms with E-state index >= 15 is 0 Å². The van der Waals surface area contributed by atoms with Crippen LogP contribution in [0.4, 0.5) is 5.82 Å². The number of hydrogen-bond acceptors (Lipinski definition) is 4. The van der Waals surface area contributed by atoms with E-state index in [4.69, 9.17) is 0 Å². The van der Waals surface area contributed by atoms with E-state index in [0.717, 1.165) is 44.8 Å². The Bertz CT molecular complexity index is 657. The van der Waals surface area contributed by atoms with Crippen LogP contribution in [0.2, 0.25) is 0 Å². The number of piperidine rings is 1. The highest BCUT2D eigenvalue weighted by atomic mass is 16.2. The van der Waals surface area contributed by atoms with Crippen molar-refractivity contribution in [1.29, 1.82) is 0 Å². The van der Waals surface area contributed by atoms with E-state index in [1.807, 2.05) is 28.0 Å². The summed E-state index contributed by atoms with van der Waals surface area (Å²) in [6, 6.07) is 5.91. The Morgan fingerprint density at radius 2 is 1.73 bits per heavy atom. The molecule has 140 valence electrons. The molecule has 6 heteroatoms. The average molecular weight is 356 g/mol. The molecular formula is C20H28N4O2. The van der Waals surface area contributed by atoms with Gasteiger partial charge in [0.2, 0.25) is 11.8 Å². The summed E-state index contributed by atoms with van der Waals surface area (Å²) in [6.45, 7) is 6.97. The highest BCUT2D eigenvalue weighted by Crippen LogP contribution is 2.42. The summed E-state index contributed by atoms with van der Waals surface area (Å²) in [6.07, 6.45) is 4.84. The molecular weight excluding hydrogens is 328 g/mol. The Kier molecular flexibility index (Phi) is 4.83. The fourth-order valence-corrected chi connectivity index (χ4v) is 4.30. The largest absolute Gasteiger partial charge is 0.353 e. The molecule has 6 nitrogen and oxygen atoms in total. The topological polar surface area (TPSA) is 56.8 Å². The van der Waals surface area contributed by atoms with Gasteiger partial charge in [-0.05, 0) is 37.3 Å². The second-order valence-corrected chi connectivity index (χ2v) is 7.98. The van der Waals surface area contributed by atoms with Crippen molar-refractivity contribution in [2.75, 3.05) is 44.2 Å². The minimum absolute atomic E-state index is 0.0679. The van der Waals surface area contributed by atoms with Gasteiger partial charge in [-0.3, -0.25) is 9.59 Å². The first-order valence-electron chi connectivity index (χ1n) is 9.87. The number of anilines is 1. The monoisotopic (exact) mass is 356 g/mol. The van der Waals surface area contributed by atoms with Gasteiger partial charge in [-0.1, -0.05) is 13.0 Å². The van der Waals surface area contributed by atoms with Crippen molar-refractivity contribution < 1.29 is 9.59 Å². The van der Waals surface area contributed by atoms with E-state index in [1.54, 1.807) is 6.20 Å². The van der Waals surface area contributed by atoms with Gasteiger partial charge in [0.15, 0.2) is 0 Å². The number of aromatic nitrogens is 1. The van der Waals surface area contributed by atoms with Gasteiger partial charge in [-0.2, -0.15) is 0 Å². The molecule has 0 bridgehead atoms. The lowest BCUT2D eigenvalue weighted by Crippen LogP contribution is -2.50. The predicted molar refractivity (Wildman–Crippen MR) is 99.6 cm³/mol. The first-order valence-corrected chi connectivity index (χ1v) is 9.87. The summed E-state index contributed by atoms with van der Waals surface area (Å²) in [5, 5.41) is 0. The zero-order valence-electron chi connectivity index (χ0n) is 15.5. The first kappa shape index (κ1) is 17.3. The summed E-state index contributed by atoms with van der Waals surface area (Å²) >= 11 is 0. The normalized spacial score (nSPS) is 28.8. The highest BCUT2D eigenvalue weighted by Gasteiger charge is 2.51. The van der Waals surface area contributed by atoms with Gasteiger partial charge >= 0.3 is 0 Å². The molecule has 0 aromatic carbocycles. The van der Waals surface area contributed by atoms with Gasteiger partial charge in [0.1, 0.15) is 5.82 Å². The van der Waals surface area contributed by atoms with Gasteiger partial charge in [-0.15, -0.1) is 0 Å². The van der Waals surface area contributed by atoms with E-state index in [1.165, 1.54) is 6.42 Å². The second kappa shape index (κ2) is 7.25. The van der Waals surface area contributed by atoms with Gasteiger partial charge in [0.05, 0.1) is 11.8 Å². The highest BCUT2D eigenvalue weighted by molar-refractivity contribution is 5.92. The molecule has 0 radical (unpaired) electrons. The van der Waals surface area contributed by atoms with Crippen LogP contribution < -0.4 is 4.90 Å². The molecule has 1 aliphatic carbocycles. The molecule has 3 unspecified atom stereocenters. The maximum Gasteiger partial charge on any atom is 0.226 e. The second-order valence-electron chi connectivity index (χ2n) is 7.98. The molecule has 3 fully saturated rings. The third kappa shape index (κ3) is 3.55. The summed E-state index contributed by atoms with van der Waals surface area (Å²) in [4.78, 5) is 36.0. The quantitative estimate of drug-likeness (QED) is 0.826. The molecule has 0 spiro atoms. The third-order valence-corrected chi connectivity index (χ3v) is 5.96. The molecule has 1 aromatic heterocycles. The van der Waals surface area contributed by atoms with Crippen molar-refractivity contribution in [2.24, 2.45) is 17.8 Å². The smallest absolute Gasteiger partial charge is 0.226 e. The summed E-state index contributed by atoms with van der Waals surface area (Å²) in [5.74, 6) is 1.79. The summed E-state index contributed by atoms with van der Waals surface area (Å²) in [5.41, 5.74) is 0. The van der Waals surface area contributed by atoms with Crippen molar-refractivity contribution in [3.05, 3.63) is 24.4 Å². The van der Waals surface area contributed by atoms with Crippen LogP contribution in [0, 0.1) is 17.8 Å². The van der Waals surface area contributed by atoms with E-state index in [2.05, 4.69) is 16.8 Å². The zero-order valence-corrected chi connectivity index (χ0v) is 15.5. The molecule has 1 saturated carbocycles. The lowest BCUT2D eigenvalue weighted by molar-refractivity contribution is -0.139. The lowest BCUT2D eigenvalue weighted by atomic mass is 10.00. The van der Waals surface area contributed by atoms with Gasteiger partial charge in [0, 0.05) is 45.5 Å².